The zero-order chi connectivity index (χ0) is 12.5. The zero-order valence-corrected chi connectivity index (χ0v) is 11.3. The molecule has 0 fully saturated rings. The van der Waals surface area contributed by atoms with Crippen molar-refractivity contribution < 1.29 is 4.74 Å². The van der Waals surface area contributed by atoms with Crippen LogP contribution in [-0.2, 0) is 4.74 Å². The van der Waals surface area contributed by atoms with Gasteiger partial charge in [-0.2, -0.15) is 0 Å². The molecule has 0 radical (unpaired) electrons. The third-order valence-corrected chi connectivity index (χ3v) is 3.24. The average molecular weight is 235 g/mol. The van der Waals surface area contributed by atoms with Crippen molar-refractivity contribution in [3.63, 3.8) is 0 Å². The standard InChI is InChI=1S/C15H25NO/c1-4-15(12-17-3)16-11-10-13(2)14-8-6-5-7-9-14/h5-9,13,15-16H,4,10-12H2,1-3H3. The summed E-state index contributed by atoms with van der Waals surface area (Å²) in [6.45, 7) is 6.33. The normalized spacial score (nSPS) is 14.5. The van der Waals surface area contributed by atoms with Gasteiger partial charge < -0.3 is 10.1 Å². The molecule has 0 aliphatic rings. The Morgan fingerprint density at radius 2 is 1.94 bits per heavy atom. The predicted octanol–water partition coefficient (Wildman–Crippen LogP) is 3.19. The zero-order valence-electron chi connectivity index (χ0n) is 11.3. The van der Waals surface area contributed by atoms with Crippen LogP contribution in [0.15, 0.2) is 30.3 Å². The second kappa shape index (κ2) is 8.26. The van der Waals surface area contributed by atoms with Gasteiger partial charge in [0.2, 0.25) is 0 Å². The van der Waals surface area contributed by atoms with Crippen LogP contribution in [0.4, 0.5) is 0 Å². The molecule has 96 valence electrons. The SMILES string of the molecule is CCC(COC)NCCC(C)c1ccccc1. The van der Waals surface area contributed by atoms with Crippen molar-refractivity contribution in [2.45, 2.75) is 38.6 Å². The summed E-state index contributed by atoms with van der Waals surface area (Å²) in [7, 11) is 1.76. The first-order valence-corrected chi connectivity index (χ1v) is 6.55. The fourth-order valence-electron chi connectivity index (χ4n) is 1.97. The molecule has 0 aliphatic carbocycles. The first kappa shape index (κ1) is 14.2. The molecule has 0 aromatic heterocycles. The topological polar surface area (TPSA) is 21.3 Å². The van der Waals surface area contributed by atoms with E-state index in [4.69, 9.17) is 4.74 Å². The van der Waals surface area contributed by atoms with Crippen LogP contribution in [0.3, 0.4) is 0 Å². The summed E-state index contributed by atoms with van der Waals surface area (Å²) in [5.41, 5.74) is 1.43. The Kier molecular flexibility index (Phi) is 6.90. The molecule has 2 heteroatoms. The lowest BCUT2D eigenvalue weighted by molar-refractivity contribution is 0.164. The van der Waals surface area contributed by atoms with E-state index in [0.29, 0.717) is 12.0 Å². The fourth-order valence-corrected chi connectivity index (χ4v) is 1.97. The molecule has 0 saturated heterocycles. The molecule has 2 nitrogen and oxygen atoms in total. The average Bonchev–Trinajstić information content (AvgIpc) is 2.38. The highest BCUT2D eigenvalue weighted by molar-refractivity contribution is 5.18. The van der Waals surface area contributed by atoms with E-state index in [9.17, 15) is 0 Å². The van der Waals surface area contributed by atoms with Crippen molar-refractivity contribution in [3.05, 3.63) is 35.9 Å². The molecule has 2 unspecified atom stereocenters. The minimum Gasteiger partial charge on any atom is -0.383 e. The fraction of sp³-hybridized carbons (Fsp3) is 0.600. The summed E-state index contributed by atoms with van der Waals surface area (Å²) >= 11 is 0. The van der Waals surface area contributed by atoms with Crippen LogP contribution in [0, 0.1) is 0 Å². The predicted molar refractivity (Wildman–Crippen MR) is 73.4 cm³/mol. The summed E-state index contributed by atoms with van der Waals surface area (Å²) in [6, 6.07) is 11.2. The molecule has 0 bridgehead atoms. The van der Waals surface area contributed by atoms with Crippen LogP contribution < -0.4 is 5.32 Å². The number of methoxy groups -OCH3 is 1. The van der Waals surface area contributed by atoms with E-state index in [-0.39, 0.29) is 0 Å². The maximum absolute atomic E-state index is 5.17. The van der Waals surface area contributed by atoms with Crippen LogP contribution in [0.25, 0.3) is 0 Å². The van der Waals surface area contributed by atoms with Gasteiger partial charge in [0.15, 0.2) is 0 Å². The van der Waals surface area contributed by atoms with E-state index in [1.807, 2.05) is 0 Å². The third kappa shape index (κ3) is 5.33. The van der Waals surface area contributed by atoms with Crippen LogP contribution in [-0.4, -0.2) is 26.3 Å². The summed E-state index contributed by atoms with van der Waals surface area (Å²) in [6.07, 6.45) is 2.29. The quantitative estimate of drug-likeness (QED) is 0.747. The molecular formula is C15H25NO. The number of nitrogens with one attached hydrogen (secondary N) is 1. The minimum atomic E-state index is 0.489. The van der Waals surface area contributed by atoms with Crippen molar-refractivity contribution in [2.24, 2.45) is 0 Å². The minimum absolute atomic E-state index is 0.489. The highest BCUT2D eigenvalue weighted by Gasteiger charge is 2.07. The summed E-state index contributed by atoms with van der Waals surface area (Å²) in [4.78, 5) is 0. The van der Waals surface area contributed by atoms with Crippen molar-refractivity contribution in [1.82, 2.24) is 5.32 Å². The molecule has 1 aromatic carbocycles. The van der Waals surface area contributed by atoms with Crippen molar-refractivity contribution in [3.8, 4) is 0 Å². The lowest BCUT2D eigenvalue weighted by Gasteiger charge is -2.18. The number of hydrogen-bond acceptors (Lipinski definition) is 2. The van der Waals surface area contributed by atoms with Gasteiger partial charge in [0.05, 0.1) is 6.61 Å². The first-order chi connectivity index (χ1) is 8.27. The monoisotopic (exact) mass is 235 g/mol. The summed E-state index contributed by atoms with van der Waals surface area (Å²) < 4.78 is 5.17. The van der Waals surface area contributed by atoms with Gasteiger partial charge in [0.25, 0.3) is 0 Å². The lowest BCUT2D eigenvalue weighted by atomic mass is 9.98. The molecule has 17 heavy (non-hydrogen) atoms. The van der Waals surface area contributed by atoms with Gasteiger partial charge in [0.1, 0.15) is 0 Å². The largest absolute Gasteiger partial charge is 0.383 e. The first-order valence-electron chi connectivity index (χ1n) is 6.55. The van der Waals surface area contributed by atoms with E-state index in [1.54, 1.807) is 7.11 Å². The Bertz CT molecular complexity index is 286. The van der Waals surface area contributed by atoms with Crippen LogP contribution in [0.2, 0.25) is 0 Å². The van der Waals surface area contributed by atoms with Gasteiger partial charge in [-0.25, -0.2) is 0 Å². The number of benzene rings is 1. The Morgan fingerprint density at radius 1 is 1.24 bits per heavy atom. The van der Waals surface area contributed by atoms with Crippen molar-refractivity contribution >= 4 is 0 Å². The molecular weight excluding hydrogens is 210 g/mol. The van der Waals surface area contributed by atoms with E-state index in [0.717, 1.165) is 19.6 Å². The summed E-state index contributed by atoms with van der Waals surface area (Å²) in [5, 5.41) is 3.55. The molecule has 1 aromatic rings. The smallest absolute Gasteiger partial charge is 0.0615 e. The molecule has 0 amide bonds. The van der Waals surface area contributed by atoms with E-state index < -0.39 is 0 Å². The van der Waals surface area contributed by atoms with Gasteiger partial charge in [-0.05, 0) is 30.9 Å². The van der Waals surface area contributed by atoms with Gasteiger partial charge in [-0.1, -0.05) is 44.2 Å². The van der Waals surface area contributed by atoms with Gasteiger partial charge >= 0.3 is 0 Å². The molecule has 1 rings (SSSR count). The summed E-state index contributed by atoms with van der Waals surface area (Å²) in [5.74, 6) is 0.615. The molecule has 0 aliphatic heterocycles. The number of ether oxygens (including phenoxy) is 1. The maximum atomic E-state index is 5.17. The molecule has 0 spiro atoms. The Balaban J connectivity index is 2.26. The molecule has 2 atom stereocenters. The molecule has 1 N–H and O–H groups in total. The van der Waals surface area contributed by atoms with Crippen LogP contribution in [0.1, 0.15) is 38.2 Å². The van der Waals surface area contributed by atoms with Crippen molar-refractivity contribution in [2.75, 3.05) is 20.3 Å². The van der Waals surface area contributed by atoms with Gasteiger partial charge in [-0.15, -0.1) is 0 Å². The maximum Gasteiger partial charge on any atom is 0.0615 e. The van der Waals surface area contributed by atoms with Gasteiger partial charge in [0, 0.05) is 13.2 Å². The van der Waals surface area contributed by atoms with E-state index >= 15 is 0 Å². The number of rotatable bonds is 8. The van der Waals surface area contributed by atoms with E-state index in [2.05, 4.69) is 49.5 Å². The van der Waals surface area contributed by atoms with Crippen LogP contribution in [0.5, 0.6) is 0 Å². The Hall–Kier alpha value is -0.860. The van der Waals surface area contributed by atoms with E-state index in [1.165, 1.54) is 12.0 Å². The highest BCUT2D eigenvalue weighted by Crippen LogP contribution is 2.17. The second-order valence-corrected chi connectivity index (χ2v) is 4.62. The number of hydrogen-bond donors (Lipinski definition) is 1. The third-order valence-electron chi connectivity index (χ3n) is 3.24. The molecule has 0 heterocycles. The highest BCUT2D eigenvalue weighted by atomic mass is 16.5. The lowest BCUT2D eigenvalue weighted by Crippen LogP contribution is -2.33. The van der Waals surface area contributed by atoms with Gasteiger partial charge in [-0.3, -0.25) is 0 Å². The Labute approximate surface area is 105 Å². The van der Waals surface area contributed by atoms with Crippen LogP contribution >= 0.6 is 0 Å². The molecule has 0 saturated carbocycles. The van der Waals surface area contributed by atoms with Crippen molar-refractivity contribution in [1.29, 1.82) is 0 Å². The second-order valence-electron chi connectivity index (χ2n) is 4.62. The Morgan fingerprint density at radius 3 is 2.53 bits per heavy atom.